The molecule has 2 amide bonds. The van der Waals surface area contributed by atoms with E-state index in [0.717, 1.165) is 25.1 Å². The highest BCUT2D eigenvalue weighted by Gasteiger charge is 2.35. The fraction of sp³-hybridized carbons (Fsp3) is 0.389. The summed E-state index contributed by atoms with van der Waals surface area (Å²) < 4.78 is 1.67. The smallest absolute Gasteiger partial charge is 0.257 e. The fourth-order valence-corrected chi connectivity index (χ4v) is 3.71. The number of halogens is 1. The van der Waals surface area contributed by atoms with Gasteiger partial charge in [0.25, 0.3) is 5.91 Å². The van der Waals surface area contributed by atoms with Gasteiger partial charge < -0.3 is 9.80 Å². The Morgan fingerprint density at radius 1 is 1.20 bits per heavy atom. The van der Waals surface area contributed by atoms with E-state index in [1.807, 2.05) is 21.9 Å². The molecular weight excluding hydrogens is 340 g/mol. The molecule has 1 atom stereocenters. The molecule has 0 aliphatic carbocycles. The Bertz CT molecular complexity index is 802. The van der Waals surface area contributed by atoms with E-state index in [9.17, 15) is 9.59 Å². The first kappa shape index (κ1) is 16.1. The van der Waals surface area contributed by atoms with Gasteiger partial charge in [-0.2, -0.15) is 5.10 Å². The molecule has 1 aromatic carbocycles. The van der Waals surface area contributed by atoms with Crippen molar-refractivity contribution in [1.82, 2.24) is 19.6 Å². The third kappa shape index (κ3) is 3.14. The van der Waals surface area contributed by atoms with E-state index in [4.69, 9.17) is 11.6 Å². The molecule has 6 nitrogen and oxygen atoms in total. The highest BCUT2D eigenvalue weighted by molar-refractivity contribution is 6.30. The van der Waals surface area contributed by atoms with Gasteiger partial charge in [0.1, 0.15) is 0 Å². The van der Waals surface area contributed by atoms with Crippen LogP contribution in [0.3, 0.4) is 0 Å². The number of nitrogens with zero attached hydrogens (tertiary/aromatic N) is 4. The topological polar surface area (TPSA) is 58.4 Å². The summed E-state index contributed by atoms with van der Waals surface area (Å²) >= 11 is 5.90. The van der Waals surface area contributed by atoms with E-state index in [-0.39, 0.29) is 17.9 Å². The Labute approximate surface area is 151 Å². The maximum Gasteiger partial charge on any atom is 0.257 e. The summed E-state index contributed by atoms with van der Waals surface area (Å²) in [6.07, 6.45) is 5.74. The molecular formula is C18H19ClN4O2. The molecule has 2 aliphatic heterocycles. The van der Waals surface area contributed by atoms with E-state index in [1.54, 1.807) is 29.2 Å². The zero-order chi connectivity index (χ0) is 17.4. The average molecular weight is 359 g/mol. The number of hydrogen-bond donors (Lipinski definition) is 0. The second-order valence-electron chi connectivity index (χ2n) is 6.53. The summed E-state index contributed by atoms with van der Waals surface area (Å²) in [6, 6.07) is 7.45. The van der Waals surface area contributed by atoms with Crippen LogP contribution < -0.4 is 0 Å². The zero-order valence-corrected chi connectivity index (χ0v) is 14.5. The summed E-state index contributed by atoms with van der Waals surface area (Å²) in [5, 5.41) is 4.94. The van der Waals surface area contributed by atoms with Crippen LogP contribution in [0.25, 0.3) is 5.69 Å². The number of hydrogen-bond acceptors (Lipinski definition) is 3. The summed E-state index contributed by atoms with van der Waals surface area (Å²) in [7, 11) is 0. The molecule has 130 valence electrons. The molecule has 3 heterocycles. The number of aromatic nitrogens is 2. The zero-order valence-electron chi connectivity index (χ0n) is 13.8. The van der Waals surface area contributed by atoms with Gasteiger partial charge in [0.2, 0.25) is 5.91 Å². The van der Waals surface area contributed by atoms with Crippen molar-refractivity contribution in [3.05, 3.63) is 47.2 Å². The van der Waals surface area contributed by atoms with Gasteiger partial charge in [0, 0.05) is 37.3 Å². The normalized spacial score (nSPS) is 20.5. The van der Waals surface area contributed by atoms with Crippen molar-refractivity contribution in [2.24, 2.45) is 0 Å². The lowest BCUT2D eigenvalue weighted by atomic mass is 10.2. The third-order valence-electron chi connectivity index (χ3n) is 4.92. The van der Waals surface area contributed by atoms with Gasteiger partial charge in [0.05, 0.1) is 23.5 Å². The van der Waals surface area contributed by atoms with Crippen molar-refractivity contribution >= 4 is 23.4 Å². The van der Waals surface area contributed by atoms with E-state index < -0.39 is 0 Å². The standard InChI is InChI=1S/C18H19ClN4O2/c19-14-3-5-15(6-4-14)23-11-13(10-20-23)18(25)21-9-7-16(12-21)22-8-1-2-17(22)24/h3-6,10-11,16H,1-2,7-9,12H2. The van der Waals surface area contributed by atoms with Crippen molar-refractivity contribution in [3.63, 3.8) is 0 Å². The molecule has 0 radical (unpaired) electrons. The number of rotatable bonds is 3. The van der Waals surface area contributed by atoms with Crippen LogP contribution in [0.4, 0.5) is 0 Å². The number of carbonyl (C=O) groups is 2. The van der Waals surface area contributed by atoms with E-state index >= 15 is 0 Å². The average Bonchev–Trinajstić information content (AvgIpc) is 3.35. The summed E-state index contributed by atoms with van der Waals surface area (Å²) in [5.41, 5.74) is 1.41. The van der Waals surface area contributed by atoms with Crippen molar-refractivity contribution in [2.75, 3.05) is 19.6 Å². The first-order valence-electron chi connectivity index (χ1n) is 8.51. The van der Waals surface area contributed by atoms with Crippen LogP contribution in [0.5, 0.6) is 0 Å². The van der Waals surface area contributed by atoms with Gasteiger partial charge in [-0.15, -0.1) is 0 Å². The lowest BCUT2D eigenvalue weighted by Gasteiger charge is -2.24. The third-order valence-corrected chi connectivity index (χ3v) is 5.17. The van der Waals surface area contributed by atoms with Gasteiger partial charge in [0.15, 0.2) is 0 Å². The molecule has 2 saturated heterocycles. The second-order valence-corrected chi connectivity index (χ2v) is 6.97. The molecule has 1 unspecified atom stereocenters. The molecule has 2 fully saturated rings. The molecule has 1 aromatic heterocycles. The van der Waals surface area contributed by atoms with Crippen molar-refractivity contribution in [2.45, 2.75) is 25.3 Å². The molecule has 2 aliphatic rings. The second kappa shape index (κ2) is 6.52. The molecule has 25 heavy (non-hydrogen) atoms. The lowest BCUT2D eigenvalue weighted by Crippen LogP contribution is -2.39. The summed E-state index contributed by atoms with van der Waals surface area (Å²) in [6.45, 7) is 2.11. The number of likely N-dealkylation sites (tertiary alicyclic amines) is 2. The molecule has 0 N–H and O–H groups in total. The summed E-state index contributed by atoms with van der Waals surface area (Å²) in [5.74, 6) is 0.184. The first-order valence-corrected chi connectivity index (χ1v) is 8.89. The fourth-order valence-electron chi connectivity index (χ4n) is 3.59. The maximum atomic E-state index is 12.7. The van der Waals surface area contributed by atoms with E-state index in [1.165, 1.54) is 0 Å². The Balaban J connectivity index is 1.45. The van der Waals surface area contributed by atoms with E-state index in [0.29, 0.717) is 30.1 Å². The minimum absolute atomic E-state index is 0.0330. The van der Waals surface area contributed by atoms with Crippen LogP contribution in [0.1, 0.15) is 29.6 Å². The van der Waals surface area contributed by atoms with Gasteiger partial charge >= 0.3 is 0 Å². The molecule has 0 spiro atoms. The molecule has 4 rings (SSSR count). The molecule has 0 saturated carbocycles. The number of amides is 2. The van der Waals surface area contributed by atoms with Crippen LogP contribution >= 0.6 is 11.6 Å². The molecule has 2 aromatic rings. The quantitative estimate of drug-likeness (QED) is 0.846. The van der Waals surface area contributed by atoms with Crippen LogP contribution in [-0.2, 0) is 4.79 Å². The Kier molecular flexibility index (Phi) is 4.21. The van der Waals surface area contributed by atoms with E-state index in [2.05, 4.69) is 5.10 Å². The SMILES string of the molecule is O=C(c1cnn(-c2ccc(Cl)cc2)c1)N1CCC(N2CCCC2=O)C1. The Morgan fingerprint density at radius 2 is 2.00 bits per heavy atom. The van der Waals surface area contributed by atoms with Crippen LogP contribution in [0.2, 0.25) is 5.02 Å². The maximum absolute atomic E-state index is 12.7. The van der Waals surface area contributed by atoms with Gasteiger partial charge in [-0.3, -0.25) is 9.59 Å². The lowest BCUT2D eigenvalue weighted by molar-refractivity contribution is -0.129. The van der Waals surface area contributed by atoms with Crippen LogP contribution in [-0.4, -0.2) is 57.1 Å². The van der Waals surface area contributed by atoms with Gasteiger partial charge in [-0.05, 0) is 37.1 Å². The molecule has 0 bridgehead atoms. The first-order chi connectivity index (χ1) is 12.1. The highest BCUT2D eigenvalue weighted by atomic mass is 35.5. The molecule has 7 heteroatoms. The monoisotopic (exact) mass is 358 g/mol. The van der Waals surface area contributed by atoms with Gasteiger partial charge in [-0.25, -0.2) is 4.68 Å². The minimum atomic E-state index is -0.0330. The number of carbonyl (C=O) groups excluding carboxylic acids is 2. The minimum Gasteiger partial charge on any atom is -0.338 e. The highest BCUT2D eigenvalue weighted by Crippen LogP contribution is 2.23. The predicted molar refractivity (Wildman–Crippen MR) is 93.8 cm³/mol. The summed E-state index contributed by atoms with van der Waals surface area (Å²) in [4.78, 5) is 28.4. The van der Waals surface area contributed by atoms with Crippen molar-refractivity contribution in [3.8, 4) is 5.69 Å². The largest absolute Gasteiger partial charge is 0.338 e. The Hall–Kier alpha value is -2.34. The van der Waals surface area contributed by atoms with Crippen LogP contribution in [0.15, 0.2) is 36.7 Å². The van der Waals surface area contributed by atoms with Crippen LogP contribution in [0, 0.1) is 0 Å². The van der Waals surface area contributed by atoms with Crippen molar-refractivity contribution < 1.29 is 9.59 Å². The predicted octanol–water partition coefficient (Wildman–Crippen LogP) is 2.36. The van der Waals surface area contributed by atoms with Crippen molar-refractivity contribution in [1.29, 1.82) is 0 Å². The van der Waals surface area contributed by atoms with Gasteiger partial charge in [-0.1, -0.05) is 11.6 Å². The number of benzene rings is 1. The Morgan fingerprint density at radius 3 is 2.72 bits per heavy atom.